The van der Waals surface area contributed by atoms with E-state index in [1.54, 1.807) is 18.2 Å². The maximum absolute atomic E-state index is 13.5. The van der Waals surface area contributed by atoms with Crippen LogP contribution in [0.1, 0.15) is 12.5 Å². The third kappa shape index (κ3) is 5.81. The van der Waals surface area contributed by atoms with Gasteiger partial charge in [0.05, 0.1) is 32.7 Å². The zero-order valence-electron chi connectivity index (χ0n) is 19.9. The SMILES string of the molecule is CCN1CCN(c2ccccc2NS(=O)(=O)c2cc(/C=C/C(=O)OC)cc(OC)c2OC)CC1. The molecule has 9 nitrogen and oxygen atoms in total. The highest BCUT2D eigenvalue weighted by molar-refractivity contribution is 7.92. The molecule has 0 aromatic heterocycles. The van der Waals surface area contributed by atoms with Crippen molar-refractivity contribution in [1.82, 2.24) is 4.90 Å². The minimum Gasteiger partial charge on any atom is -0.493 e. The number of nitrogens with zero attached hydrogens (tertiary/aromatic N) is 2. The van der Waals surface area contributed by atoms with Crippen LogP contribution in [0.5, 0.6) is 11.5 Å². The molecule has 1 aliphatic rings. The number of rotatable bonds is 9. The van der Waals surface area contributed by atoms with Crippen LogP contribution in [0.15, 0.2) is 47.4 Å². The van der Waals surface area contributed by atoms with E-state index in [1.807, 2.05) is 12.1 Å². The number of carbonyl (C=O) groups excluding carboxylic acids is 1. The Bertz CT molecular complexity index is 1140. The molecule has 0 saturated carbocycles. The van der Waals surface area contributed by atoms with Crippen molar-refractivity contribution < 1.29 is 27.4 Å². The van der Waals surface area contributed by atoms with Gasteiger partial charge in [-0.3, -0.25) is 4.72 Å². The van der Waals surface area contributed by atoms with E-state index in [-0.39, 0.29) is 16.4 Å². The summed E-state index contributed by atoms with van der Waals surface area (Å²) in [5, 5.41) is 0. The highest BCUT2D eigenvalue weighted by Gasteiger charge is 2.26. The standard InChI is InChI=1S/C24H31N3O6S/c1-5-26-12-14-27(15-13-26)20-9-7-6-8-19(20)25-34(29,30)22-17-18(10-11-23(28)32-3)16-21(31-2)24(22)33-4/h6-11,16-17,25H,5,12-15H2,1-4H3/b11-10+. The Morgan fingerprint density at radius 3 is 2.38 bits per heavy atom. The second-order valence-electron chi connectivity index (χ2n) is 7.66. The topological polar surface area (TPSA) is 97.4 Å². The summed E-state index contributed by atoms with van der Waals surface area (Å²) in [4.78, 5) is 15.9. The van der Waals surface area contributed by atoms with Gasteiger partial charge in [-0.15, -0.1) is 0 Å². The lowest BCUT2D eigenvalue weighted by atomic mass is 10.2. The number of likely N-dealkylation sites (N-methyl/N-ethyl adjacent to an activating group) is 1. The van der Waals surface area contributed by atoms with Gasteiger partial charge in [-0.05, 0) is 42.4 Å². The maximum Gasteiger partial charge on any atom is 0.330 e. The zero-order chi connectivity index (χ0) is 24.7. The van der Waals surface area contributed by atoms with Gasteiger partial charge in [0, 0.05) is 32.3 Å². The third-order valence-corrected chi connectivity index (χ3v) is 7.05. The number of hydrogen-bond acceptors (Lipinski definition) is 8. The van der Waals surface area contributed by atoms with Gasteiger partial charge in [-0.25, -0.2) is 13.2 Å². The third-order valence-electron chi connectivity index (χ3n) is 5.68. The first-order valence-electron chi connectivity index (χ1n) is 10.9. The number of ether oxygens (including phenoxy) is 3. The lowest BCUT2D eigenvalue weighted by Gasteiger charge is -2.36. The molecule has 0 spiro atoms. The number of carbonyl (C=O) groups is 1. The number of methoxy groups -OCH3 is 3. The summed E-state index contributed by atoms with van der Waals surface area (Å²) in [5.74, 6) is -0.271. The van der Waals surface area contributed by atoms with E-state index < -0.39 is 16.0 Å². The molecule has 1 heterocycles. The fourth-order valence-electron chi connectivity index (χ4n) is 3.82. The van der Waals surface area contributed by atoms with Crippen LogP contribution in [-0.2, 0) is 19.6 Å². The predicted octanol–water partition coefficient (Wildman–Crippen LogP) is 2.83. The molecular weight excluding hydrogens is 458 g/mol. The monoisotopic (exact) mass is 489 g/mol. The van der Waals surface area contributed by atoms with Crippen molar-refractivity contribution in [3.8, 4) is 11.5 Å². The van der Waals surface area contributed by atoms with Crippen LogP contribution in [0.4, 0.5) is 11.4 Å². The summed E-state index contributed by atoms with van der Waals surface area (Å²) in [6.07, 6.45) is 2.66. The largest absolute Gasteiger partial charge is 0.493 e. The first-order valence-corrected chi connectivity index (χ1v) is 12.4. The van der Waals surface area contributed by atoms with Crippen LogP contribution in [0.3, 0.4) is 0 Å². The summed E-state index contributed by atoms with van der Waals surface area (Å²) < 4.78 is 45.2. The molecule has 1 aliphatic heterocycles. The number of para-hydroxylation sites is 2. The molecule has 0 atom stereocenters. The molecule has 10 heteroatoms. The van der Waals surface area contributed by atoms with Crippen molar-refractivity contribution in [3.63, 3.8) is 0 Å². The normalized spacial score (nSPS) is 14.8. The van der Waals surface area contributed by atoms with E-state index in [2.05, 4.69) is 26.2 Å². The van der Waals surface area contributed by atoms with Crippen molar-refractivity contribution in [2.45, 2.75) is 11.8 Å². The fraction of sp³-hybridized carbons (Fsp3) is 0.375. The van der Waals surface area contributed by atoms with E-state index in [4.69, 9.17) is 9.47 Å². The lowest BCUT2D eigenvalue weighted by molar-refractivity contribution is -0.134. The van der Waals surface area contributed by atoms with Crippen LogP contribution in [0.2, 0.25) is 0 Å². The van der Waals surface area contributed by atoms with Crippen LogP contribution < -0.4 is 19.1 Å². The summed E-state index contributed by atoms with van der Waals surface area (Å²) in [5.41, 5.74) is 1.73. The van der Waals surface area contributed by atoms with Crippen molar-refractivity contribution >= 4 is 33.4 Å². The van der Waals surface area contributed by atoms with Gasteiger partial charge in [0.1, 0.15) is 4.90 Å². The second-order valence-corrected chi connectivity index (χ2v) is 9.31. The maximum atomic E-state index is 13.5. The summed E-state index contributed by atoms with van der Waals surface area (Å²) in [7, 11) is -0.0152. The van der Waals surface area contributed by atoms with E-state index in [9.17, 15) is 13.2 Å². The highest BCUT2D eigenvalue weighted by atomic mass is 32.2. The van der Waals surface area contributed by atoms with Crippen LogP contribution >= 0.6 is 0 Å². The molecule has 0 amide bonds. The van der Waals surface area contributed by atoms with Crippen LogP contribution in [0.25, 0.3) is 6.08 Å². The molecule has 0 bridgehead atoms. The zero-order valence-corrected chi connectivity index (χ0v) is 20.7. The van der Waals surface area contributed by atoms with Gasteiger partial charge in [-0.2, -0.15) is 0 Å². The van der Waals surface area contributed by atoms with Crippen LogP contribution in [0, 0.1) is 0 Å². The van der Waals surface area contributed by atoms with Gasteiger partial charge in [0.15, 0.2) is 11.5 Å². The first-order chi connectivity index (χ1) is 16.3. The van der Waals surface area contributed by atoms with E-state index >= 15 is 0 Å². The minimum atomic E-state index is -4.07. The number of esters is 1. The van der Waals surface area contributed by atoms with Gasteiger partial charge >= 0.3 is 5.97 Å². The number of benzene rings is 2. The average Bonchev–Trinajstić information content (AvgIpc) is 2.86. The Labute approximate surface area is 201 Å². The molecule has 1 saturated heterocycles. The first kappa shape index (κ1) is 25.4. The van der Waals surface area contributed by atoms with E-state index in [0.717, 1.165) is 38.4 Å². The number of hydrogen-bond donors (Lipinski definition) is 1. The number of anilines is 2. The second kappa shape index (κ2) is 11.3. The van der Waals surface area contributed by atoms with Gasteiger partial charge in [0.25, 0.3) is 10.0 Å². The number of piperazine rings is 1. The molecule has 2 aromatic rings. The Morgan fingerprint density at radius 2 is 1.76 bits per heavy atom. The summed E-state index contributed by atoms with van der Waals surface area (Å²) in [6, 6.07) is 10.3. The average molecular weight is 490 g/mol. The van der Waals surface area contributed by atoms with E-state index in [0.29, 0.717) is 11.3 Å². The molecule has 2 aromatic carbocycles. The Morgan fingerprint density at radius 1 is 1.06 bits per heavy atom. The summed E-state index contributed by atoms with van der Waals surface area (Å²) in [6.45, 7) is 6.56. The minimum absolute atomic E-state index is 0.0688. The molecule has 184 valence electrons. The predicted molar refractivity (Wildman–Crippen MR) is 132 cm³/mol. The van der Waals surface area contributed by atoms with Crippen LogP contribution in [-0.4, -0.2) is 73.3 Å². The molecule has 34 heavy (non-hydrogen) atoms. The molecule has 0 radical (unpaired) electrons. The van der Waals surface area contributed by atoms with Crippen molar-refractivity contribution in [3.05, 3.63) is 48.0 Å². The highest BCUT2D eigenvalue weighted by Crippen LogP contribution is 2.38. The van der Waals surface area contributed by atoms with E-state index in [1.165, 1.54) is 39.5 Å². The molecule has 0 unspecified atom stereocenters. The molecule has 1 N–H and O–H groups in total. The number of nitrogens with one attached hydrogen (secondary N) is 1. The Kier molecular flexibility index (Phi) is 8.41. The smallest absolute Gasteiger partial charge is 0.330 e. The Balaban J connectivity index is 1.98. The van der Waals surface area contributed by atoms with Crippen molar-refractivity contribution in [2.75, 3.05) is 63.7 Å². The lowest BCUT2D eigenvalue weighted by Crippen LogP contribution is -2.46. The van der Waals surface area contributed by atoms with Crippen molar-refractivity contribution in [1.29, 1.82) is 0 Å². The van der Waals surface area contributed by atoms with Gasteiger partial charge in [-0.1, -0.05) is 19.1 Å². The van der Waals surface area contributed by atoms with Gasteiger partial charge in [0.2, 0.25) is 0 Å². The number of sulfonamides is 1. The molecule has 1 fully saturated rings. The molecular formula is C24H31N3O6S. The quantitative estimate of drug-likeness (QED) is 0.424. The summed E-state index contributed by atoms with van der Waals surface area (Å²) >= 11 is 0. The van der Waals surface area contributed by atoms with Crippen molar-refractivity contribution in [2.24, 2.45) is 0 Å². The molecule has 3 rings (SSSR count). The Hall–Kier alpha value is -3.24. The van der Waals surface area contributed by atoms with Gasteiger partial charge < -0.3 is 24.0 Å². The fourth-order valence-corrected chi connectivity index (χ4v) is 5.11. The molecule has 0 aliphatic carbocycles.